The molecule has 0 spiro atoms. The second kappa shape index (κ2) is 7.40. The zero-order valence-electron chi connectivity index (χ0n) is 16.4. The van der Waals surface area contributed by atoms with Crippen LogP contribution in [0.1, 0.15) is 42.1 Å². The van der Waals surface area contributed by atoms with E-state index in [0.29, 0.717) is 37.1 Å². The lowest BCUT2D eigenvalue weighted by atomic mass is 10.1. The molecular formula is C20H23N3O6. The summed E-state index contributed by atoms with van der Waals surface area (Å²) in [5.41, 5.74) is -1.08. The van der Waals surface area contributed by atoms with Gasteiger partial charge in [-0.3, -0.25) is 14.2 Å². The number of carbonyl (C=O) groups excluding carboxylic acids is 1. The van der Waals surface area contributed by atoms with Crippen LogP contribution in [0, 0.1) is 0 Å². The molecule has 2 aliphatic rings. The molecule has 4 rings (SSSR count). The summed E-state index contributed by atoms with van der Waals surface area (Å²) < 4.78 is 18.4. The Morgan fingerprint density at radius 3 is 2.90 bits per heavy atom. The van der Waals surface area contributed by atoms with E-state index in [-0.39, 0.29) is 18.8 Å². The summed E-state index contributed by atoms with van der Waals surface area (Å²) in [6.07, 6.45) is 0.773. The van der Waals surface area contributed by atoms with Crippen LogP contribution in [0.5, 0.6) is 17.2 Å². The highest BCUT2D eigenvalue weighted by Gasteiger charge is 2.34. The molecule has 2 N–H and O–H groups in total. The zero-order valence-corrected chi connectivity index (χ0v) is 16.4. The molecule has 0 fully saturated rings. The third-order valence-electron chi connectivity index (χ3n) is 4.97. The number of para-hydroxylation sites is 1. The quantitative estimate of drug-likeness (QED) is 0.797. The number of benzene rings is 1. The highest BCUT2D eigenvalue weighted by Crippen LogP contribution is 2.33. The standard InChI is InChI=1S/C20H23N3O6/c1-20(2)19-22-14(15(24)18(26)23(19)7-10-29-20)17(25)21-11-12-5-3-6-13-16(12)28-9-4-8-27-13/h3,5-6,24H,4,7-11H2,1-2H3,(H,21,25). The number of amides is 1. The summed E-state index contributed by atoms with van der Waals surface area (Å²) in [6.45, 7) is 5.35. The molecule has 9 nitrogen and oxygen atoms in total. The molecule has 0 aliphatic carbocycles. The van der Waals surface area contributed by atoms with Crippen molar-refractivity contribution in [1.29, 1.82) is 0 Å². The van der Waals surface area contributed by atoms with Gasteiger partial charge < -0.3 is 24.6 Å². The highest BCUT2D eigenvalue weighted by molar-refractivity contribution is 5.94. The van der Waals surface area contributed by atoms with Gasteiger partial charge in [-0.1, -0.05) is 12.1 Å². The molecule has 0 radical (unpaired) electrons. The van der Waals surface area contributed by atoms with Gasteiger partial charge in [0.15, 0.2) is 17.2 Å². The maximum atomic E-state index is 12.7. The number of nitrogens with one attached hydrogen (secondary N) is 1. The van der Waals surface area contributed by atoms with Crippen LogP contribution in [0.3, 0.4) is 0 Å². The summed E-state index contributed by atoms with van der Waals surface area (Å²) in [6, 6.07) is 5.45. The minimum atomic E-state index is -0.845. The van der Waals surface area contributed by atoms with Crippen molar-refractivity contribution >= 4 is 5.91 Å². The second-order valence-electron chi connectivity index (χ2n) is 7.43. The number of hydrogen-bond acceptors (Lipinski definition) is 7. The van der Waals surface area contributed by atoms with E-state index >= 15 is 0 Å². The predicted octanol–water partition coefficient (Wildman–Crippen LogP) is 1.31. The van der Waals surface area contributed by atoms with E-state index in [1.807, 2.05) is 18.2 Å². The van der Waals surface area contributed by atoms with E-state index in [9.17, 15) is 14.7 Å². The molecule has 0 unspecified atom stereocenters. The lowest BCUT2D eigenvalue weighted by molar-refractivity contribution is -0.0566. The van der Waals surface area contributed by atoms with E-state index in [2.05, 4.69) is 10.3 Å². The topological polar surface area (TPSA) is 112 Å². The highest BCUT2D eigenvalue weighted by atomic mass is 16.5. The Morgan fingerprint density at radius 1 is 1.28 bits per heavy atom. The van der Waals surface area contributed by atoms with Crippen LogP contribution >= 0.6 is 0 Å². The molecule has 1 aromatic heterocycles. The predicted molar refractivity (Wildman–Crippen MR) is 102 cm³/mol. The van der Waals surface area contributed by atoms with Gasteiger partial charge in [-0.05, 0) is 19.9 Å². The van der Waals surface area contributed by atoms with Gasteiger partial charge in [0, 0.05) is 18.5 Å². The number of fused-ring (bicyclic) bond motifs is 2. The van der Waals surface area contributed by atoms with Crippen molar-refractivity contribution in [2.75, 3.05) is 19.8 Å². The van der Waals surface area contributed by atoms with E-state index in [0.717, 1.165) is 12.0 Å². The van der Waals surface area contributed by atoms with Crippen molar-refractivity contribution in [1.82, 2.24) is 14.9 Å². The first kappa shape index (κ1) is 19.3. The van der Waals surface area contributed by atoms with Crippen LogP contribution in [0.4, 0.5) is 0 Å². The fourth-order valence-corrected chi connectivity index (χ4v) is 3.48. The number of aromatic hydroxyl groups is 1. The molecule has 0 saturated heterocycles. The SMILES string of the molecule is CC1(C)OCCn2c1nc(C(=O)NCc1cccc3c1OCCCO3)c(O)c2=O. The maximum absolute atomic E-state index is 12.7. The number of carbonyl (C=O) groups is 1. The Hall–Kier alpha value is -3.07. The molecule has 0 bridgehead atoms. The van der Waals surface area contributed by atoms with Gasteiger partial charge in [-0.15, -0.1) is 0 Å². The van der Waals surface area contributed by atoms with Gasteiger partial charge in [0.2, 0.25) is 5.75 Å². The van der Waals surface area contributed by atoms with Gasteiger partial charge in [0.1, 0.15) is 11.4 Å². The van der Waals surface area contributed by atoms with Gasteiger partial charge in [-0.2, -0.15) is 0 Å². The average Bonchev–Trinajstić information content (AvgIpc) is 2.94. The first-order valence-electron chi connectivity index (χ1n) is 9.52. The van der Waals surface area contributed by atoms with Crippen molar-refractivity contribution < 1.29 is 24.1 Å². The van der Waals surface area contributed by atoms with E-state index in [1.54, 1.807) is 13.8 Å². The molecule has 0 saturated carbocycles. The summed E-state index contributed by atoms with van der Waals surface area (Å²) in [7, 11) is 0. The lowest BCUT2D eigenvalue weighted by Crippen LogP contribution is -2.42. The molecule has 9 heteroatoms. The Morgan fingerprint density at radius 2 is 2.07 bits per heavy atom. The van der Waals surface area contributed by atoms with Crippen molar-refractivity contribution in [3.63, 3.8) is 0 Å². The fourth-order valence-electron chi connectivity index (χ4n) is 3.48. The number of ether oxygens (including phenoxy) is 3. The van der Waals surface area contributed by atoms with E-state index < -0.39 is 22.8 Å². The maximum Gasteiger partial charge on any atom is 0.296 e. The molecule has 1 aromatic carbocycles. The minimum Gasteiger partial charge on any atom is -0.501 e. The van der Waals surface area contributed by atoms with Crippen LogP contribution in [0.25, 0.3) is 0 Å². The van der Waals surface area contributed by atoms with Gasteiger partial charge >= 0.3 is 0 Å². The summed E-state index contributed by atoms with van der Waals surface area (Å²) in [5.74, 6) is 0.192. The van der Waals surface area contributed by atoms with Gasteiger partial charge in [0.05, 0.1) is 26.4 Å². The average molecular weight is 401 g/mol. The molecule has 29 heavy (non-hydrogen) atoms. The third kappa shape index (κ3) is 3.53. The Bertz CT molecular complexity index is 1010. The van der Waals surface area contributed by atoms with Crippen LogP contribution in [0.2, 0.25) is 0 Å². The first-order valence-corrected chi connectivity index (χ1v) is 9.52. The van der Waals surface area contributed by atoms with Crippen LogP contribution < -0.4 is 20.3 Å². The van der Waals surface area contributed by atoms with E-state index in [4.69, 9.17) is 14.2 Å². The third-order valence-corrected chi connectivity index (χ3v) is 4.97. The Kier molecular flexibility index (Phi) is 4.91. The Labute approximate surface area is 167 Å². The van der Waals surface area contributed by atoms with Crippen LogP contribution in [-0.2, 0) is 23.4 Å². The van der Waals surface area contributed by atoms with Crippen LogP contribution in [-0.4, -0.2) is 40.4 Å². The smallest absolute Gasteiger partial charge is 0.296 e. The van der Waals surface area contributed by atoms with Crippen molar-refractivity contribution in [3.05, 3.63) is 45.6 Å². The number of aromatic nitrogens is 2. The van der Waals surface area contributed by atoms with Crippen molar-refractivity contribution in [2.24, 2.45) is 0 Å². The monoisotopic (exact) mass is 401 g/mol. The summed E-state index contributed by atoms with van der Waals surface area (Å²) in [4.78, 5) is 29.5. The molecule has 2 aliphatic heterocycles. The molecule has 1 amide bonds. The number of rotatable bonds is 3. The Balaban J connectivity index is 1.61. The zero-order chi connectivity index (χ0) is 20.6. The molecular weight excluding hydrogens is 378 g/mol. The summed E-state index contributed by atoms with van der Waals surface area (Å²) >= 11 is 0. The van der Waals surface area contributed by atoms with Crippen LogP contribution in [0.15, 0.2) is 23.0 Å². The molecule has 2 aromatic rings. The largest absolute Gasteiger partial charge is 0.501 e. The molecule has 0 atom stereocenters. The normalized spacial score (nSPS) is 17.2. The van der Waals surface area contributed by atoms with Gasteiger partial charge in [0.25, 0.3) is 11.5 Å². The van der Waals surface area contributed by atoms with E-state index in [1.165, 1.54) is 4.57 Å². The lowest BCUT2D eigenvalue weighted by Gasteiger charge is -2.32. The minimum absolute atomic E-state index is 0.130. The number of hydrogen-bond donors (Lipinski definition) is 2. The molecule has 3 heterocycles. The van der Waals surface area contributed by atoms with Crippen molar-refractivity contribution in [3.8, 4) is 17.2 Å². The fraction of sp³-hybridized carbons (Fsp3) is 0.450. The summed E-state index contributed by atoms with van der Waals surface area (Å²) in [5, 5.41) is 13.0. The molecule has 154 valence electrons. The number of nitrogens with zero attached hydrogens (tertiary/aromatic N) is 2. The first-order chi connectivity index (χ1) is 13.9. The van der Waals surface area contributed by atoms with Gasteiger partial charge in [-0.25, -0.2) is 4.98 Å². The second-order valence-corrected chi connectivity index (χ2v) is 7.43. The van der Waals surface area contributed by atoms with Crippen molar-refractivity contribution in [2.45, 2.75) is 39.0 Å².